The van der Waals surface area contributed by atoms with Crippen LogP contribution in [0.1, 0.15) is 13.3 Å². The van der Waals surface area contributed by atoms with Crippen molar-refractivity contribution in [2.45, 2.75) is 19.4 Å². The molecule has 0 bridgehead atoms. The van der Waals surface area contributed by atoms with E-state index in [0.29, 0.717) is 6.04 Å². The smallest absolute Gasteiger partial charge is 0.0221 e. The largest absolute Gasteiger partial charge is 0.310 e. The first-order chi connectivity index (χ1) is 4.39. The Hall–Kier alpha value is -0.740. The molecular weight excluding hydrogens is 110 g/mol. The Labute approximate surface area is 57.2 Å². The fourth-order valence-electron chi connectivity index (χ4n) is 0.763. The summed E-state index contributed by atoms with van der Waals surface area (Å²) < 4.78 is 0. The Kier molecular flexibility index (Phi) is 4.95. The molecule has 1 aliphatic heterocycles. The lowest BCUT2D eigenvalue weighted by Crippen LogP contribution is -2.27. The van der Waals surface area contributed by atoms with Gasteiger partial charge in [-0.15, -0.1) is 12.8 Å². The van der Waals surface area contributed by atoms with Crippen LogP contribution in [-0.2, 0) is 0 Å². The molecule has 9 heavy (non-hydrogen) atoms. The van der Waals surface area contributed by atoms with Crippen molar-refractivity contribution in [3.8, 4) is 12.8 Å². The van der Waals surface area contributed by atoms with E-state index in [9.17, 15) is 0 Å². The van der Waals surface area contributed by atoms with Gasteiger partial charge in [-0.25, -0.2) is 0 Å². The molecule has 0 aromatic rings. The Morgan fingerprint density at radius 2 is 2.22 bits per heavy atom. The molecular formula is C8H13N. The molecule has 1 rings (SSSR count). The topological polar surface area (TPSA) is 12.0 Å². The highest BCUT2D eigenvalue weighted by atomic mass is 14.9. The minimum Gasteiger partial charge on any atom is -0.310 e. The van der Waals surface area contributed by atoms with E-state index in [-0.39, 0.29) is 0 Å². The first-order valence-corrected chi connectivity index (χ1v) is 3.13. The predicted molar refractivity (Wildman–Crippen MR) is 41.1 cm³/mol. The first-order valence-electron chi connectivity index (χ1n) is 3.13. The molecule has 0 aliphatic carbocycles. The summed E-state index contributed by atoms with van der Waals surface area (Å²) in [6.07, 6.45) is 13.6. The van der Waals surface area contributed by atoms with Crippen molar-refractivity contribution in [3.05, 3.63) is 12.2 Å². The van der Waals surface area contributed by atoms with Crippen LogP contribution in [0.2, 0.25) is 0 Å². The van der Waals surface area contributed by atoms with Gasteiger partial charge in [-0.1, -0.05) is 12.2 Å². The minimum absolute atomic E-state index is 0.605. The Morgan fingerprint density at radius 3 is 2.44 bits per heavy atom. The molecule has 1 nitrogen and oxygen atoms in total. The second-order valence-corrected chi connectivity index (χ2v) is 1.96. The SMILES string of the molecule is C#C.CC1C=CCCN1. The van der Waals surface area contributed by atoms with Crippen LogP contribution >= 0.6 is 0 Å². The molecule has 0 saturated heterocycles. The summed E-state index contributed by atoms with van der Waals surface area (Å²) >= 11 is 0. The zero-order valence-corrected chi connectivity index (χ0v) is 5.80. The summed E-state index contributed by atoms with van der Waals surface area (Å²) in [5.74, 6) is 0. The Bertz CT molecular complexity index is 102. The van der Waals surface area contributed by atoms with E-state index in [0.717, 1.165) is 6.54 Å². The minimum atomic E-state index is 0.605. The monoisotopic (exact) mass is 123 g/mol. The van der Waals surface area contributed by atoms with Gasteiger partial charge in [0.15, 0.2) is 0 Å². The third-order valence-electron chi connectivity index (χ3n) is 1.20. The Balaban J connectivity index is 0.000000291. The van der Waals surface area contributed by atoms with Crippen molar-refractivity contribution in [1.82, 2.24) is 5.32 Å². The quantitative estimate of drug-likeness (QED) is 0.376. The molecule has 0 fully saturated rings. The third-order valence-corrected chi connectivity index (χ3v) is 1.20. The zero-order chi connectivity index (χ0) is 7.11. The fourth-order valence-corrected chi connectivity index (χ4v) is 0.763. The van der Waals surface area contributed by atoms with Gasteiger partial charge in [0.25, 0.3) is 0 Å². The second kappa shape index (κ2) is 5.40. The van der Waals surface area contributed by atoms with Gasteiger partial charge in [0.1, 0.15) is 0 Å². The zero-order valence-electron chi connectivity index (χ0n) is 5.80. The van der Waals surface area contributed by atoms with Gasteiger partial charge >= 0.3 is 0 Å². The van der Waals surface area contributed by atoms with Gasteiger partial charge < -0.3 is 5.32 Å². The second-order valence-electron chi connectivity index (χ2n) is 1.96. The van der Waals surface area contributed by atoms with Gasteiger partial charge in [0.05, 0.1) is 0 Å². The summed E-state index contributed by atoms with van der Waals surface area (Å²) in [5, 5.41) is 3.30. The van der Waals surface area contributed by atoms with E-state index >= 15 is 0 Å². The summed E-state index contributed by atoms with van der Waals surface area (Å²) in [6, 6.07) is 0.605. The normalized spacial score (nSPS) is 24.1. The van der Waals surface area contributed by atoms with E-state index in [1.165, 1.54) is 6.42 Å². The molecule has 0 amide bonds. The van der Waals surface area contributed by atoms with Crippen LogP contribution in [0.4, 0.5) is 0 Å². The summed E-state index contributed by atoms with van der Waals surface area (Å²) in [4.78, 5) is 0. The van der Waals surface area contributed by atoms with Gasteiger partial charge in [-0.05, 0) is 19.9 Å². The lowest BCUT2D eigenvalue weighted by atomic mass is 10.2. The highest BCUT2D eigenvalue weighted by Crippen LogP contribution is 1.93. The highest BCUT2D eigenvalue weighted by molar-refractivity contribution is 4.95. The van der Waals surface area contributed by atoms with E-state index in [1.54, 1.807) is 0 Å². The van der Waals surface area contributed by atoms with Crippen LogP contribution in [0, 0.1) is 12.8 Å². The maximum atomic E-state index is 4.00. The van der Waals surface area contributed by atoms with Crippen molar-refractivity contribution >= 4 is 0 Å². The number of nitrogens with one attached hydrogen (secondary N) is 1. The molecule has 50 valence electrons. The van der Waals surface area contributed by atoms with Crippen LogP contribution in [-0.4, -0.2) is 12.6 Å². The number of hydrogen-bond acceptors (Lipinski definition) is 1. The summed E-state index contributed by atoms with van der Waals surface area (Å²) in [6.45, 7) is 3.31. The number of rotatable bonds is 0. The molecule has 0 radical (unpaired) electrons. The van der Waals surface area contributed by atoms with Crippen LogP contribution in [0.3, 0.4) is 0 Å². The van der Waals surface area contributed by atoms with E-state index in [4.69, 9.17) is 0 Å². The van der Waals surface area contributed by atoms with E-state index < -0.39 is 0 Å². The standard InChI is InChI=1S/C6H11N.C2H2/c1-6-4-2-3-5-7-6;1-2/h2,4,6-7H,3,5H2,1H3;1-2H. The van der Waals surface area contributed by atoms with Crippen LogP contribution in [0.25, 0.3) is 0 Å². The molecule has 1 heterocycles. The number of hydrogen-bond donors (Lipinski definition) is 1. The van der Waals surface area contributed by atoms with Crippen LogP contribution in [0.5, 0.6) is 0 Å². The van der Waals surface area contributed by atoms with E-state index in [1.807, 2.05) is 0 Å². The maximum absolute atomic E-state index is 4.00. The molecule has 0 saturated carbocycles. The molecule has 1 atom stereocenters. The molecule has 0 spiro atoms. The molecule has 1 aliphatic rings. The lowest BCUT2D eigenvalue weighted by Gasteiger charge is -2.11. The van der Waals surface area contributed by atoms with Crippen molar-refractivity contribution in [2.75, 3.05) is 6.54 Å². The van der Waals surface area contributed by atoms with Crippen molar-refractivity contribution in [2.24, 2.45) is 0 Å². The first kappa shape index (κ1) is 8.26. The van der Waals surface area contributed by atoms with Crippen LogP contribution < -0.4 is 5.32 Å². The molecule has 1 N–H and O–H groups in total. The molecule has 0 aromatic heterocycles. The van der Waals surface area contributed by atoms with Crippen molar-refractivity contribution < 1.29 is 0 Å². The third kappa shape index (κ3) is 3.81. The lowest BCUT2D eigenvalue weighted by molar-refractivity contribution is 0.613. The van der Waals surface area contributed by atoms with Gasteiger partial charge in [-0.3, -0.25) is 0 Å². The van der Waals surface area contributed by atoms with E-state index in [2.05, 4.69) is 37.2 Å². The summed E-state index contributed by atoms with van der Waals surface area (Å²) in [7, 11) is 0. The van der Waals surface area contributed by atoms with Crippen molar-refractivity contribution in [3.63, 3.8) is 0 Å². The molecule has 1 unspecified atom stereocenters. The highest BCUT2D eigenvalue weighted by Gasteiger charge is 1.96. The molecule has 1 heteroatoms. The maximum Gasteiger partial charge on any atom is 0.0221 e. The molecule has 0 aromatic carbocycles. The van der Waals surface area contributed by atoms with Gasteiger partial charge in [-0.2, -0.15) is 0 Å². The van der Waals surface area contributed by atoms with Gasteiger partial charge in [0.2, 0.25) is 0 Å². The average Bonchev–Trinajstić information content (AvgIpc) is 1.94. The average molecular weight is 123 g/mol. The predicted octanol–water partition coefficient (Wildman–Crippen LogP) is 1.17. The summed E-state index contributed by atoms with van der Waals surface area (Å²) in [5.41, 5.74) is 0. The van der Waals surface area contributed by atoms with Gasteiger partial charge in [0, 0.05) is 6.04 Å². The number of terminal acetylenes is 1. The Morgan fingerprint density at radius 1 is 1.56 bits per heavy atom. The van der Waals surface area contributed by atoms with Crippen LogP contribution in [0.15, 0.2) is 12.2 Å². The fraction of sp³-hybridized carbons (Fsp3) is 0.500. The van der Waals surface area contributed by atoms with Crippen molar-refractivity contribution in [1.29, 1.82) is 0 Å².